The van der Waals surface area contributed by atoms with Gasteiger partial charge in [0.15, 0.2) is 0 Å². The number of sulfonamides is 1. The zero-order chi connectivity index (χ0) is 17.0. The summed E-state index contributed by atoms with van der Waals surface area (Å²) >= 11 is 3.30. The number of carboxylic acids is 1. The molecule has 0 amide bonds. The normalized spacial score (nSPS) is 11.0. The molecule has 0 saturated carbocycles. The number of nitrogens with one attached hydrogen (secondary N) is 1. The second-order valence-corrected chi connectivity index (χ2v) is 7.04. The summed E-state index contributed by atoms with van der Waals surface area (Å²) in [4.78, 5) is 10.7. The third kappa shape index (κ3) is 4.23. The Balaban J connectivity index is 2.29. The lowest BCUT2D eigenvalue weighted by atomic mass is 10.2. The first-order valence-corrected chi connectivity index (χ1v) is 8.87. The maximum Gasteiger partial charge on any atom is 0.261 e. The first-order valence-electron chi connectivity index (χ1n) is 6.60. The number of carbonyl (C=O) groups excluding carboxylic acids is 1. The van der Waals surface area contributed by atoms with Crippen LogP contribution in [0.5, 0.6) is 5.75 Å². The van der Waals surface area contributed by atoms with E-state index >= 15 is 0 Å². The van der Waals surface area contributed by atoms with Crippen LogP contribution in [0.2, 0.25) is 0 Å². The highest BCUT2D eigenvalue weighted by Crippen LogP contribution is 2.29. The van der Waals surface area contributed by atoms with E-state index in [0.29, 0.717) is 22.5 Å². The molecule has 0 aliphatic heterocycles. The molecule has 2 aromatic carbocycles. The van der Waals surface area contributed by atoms with E-state index in [1.807, 2.05) is 6.92 Å². The second kappa shape index (κ2) is 7.01. The summed E-state index contributed by atoms with van der Waals surface area (Å²) in [5, 5.41) is 10.8. The molecule has 0 fully saturated rings. The average Bonchev–Trinajstić information content (AvgIpc) is 2.50. The molecule has 122 valence electrons. The molecule has 0 unspecified atom stereocenters. The highest BCUT2D eigenvalue weighted by Gasteiger charge is 2.15. The minimum atomic E-state index is -3.91. The fourth-order valence-electron chi connectivity index (χ4n) is 1.84. The van der Waals surface area contributed by atoms with E-state index in [1.165, 1.54) is 18.2 Å². The Labute approximate surface area is 142 Å². The van der Waals surface area contributed by atoms with Gasteiger partial charge in [-0.2, -0.15) is 0 Å². The van der Waals surface area contributed by atoms with Crippen LogP contribution in [0.4, 0.5) is 5.69 Å². The van der Waals surface area contributed by atoms with Crippen molar-refractivity contribution >= 4 is 37.6 Å². The number of hydrogen-bond donors (Lipinski definition) is 1. The number of hydrogen-bond acceptors (Lipinski definition) is 5. The molecule has 0 spiro atoms. The SMILES string of the molecule is CCOc1ccc(NS(=O)(=O)c2cccc(C(=O)[O-])c2)cc1Br. The number of ether oxygens (including phenoxy) is 1. The van der Waals surface area contributed by atoms with Crippen molar-refractivity contribution in [2.75, 3.05) is 11.3 Å². The molecule has 0 radical (unpaired) electrons. The molecule has 0 atom stereocenters. The predicted molar refractivity (Wildman–Crippen MR) is 86.9 cm³/mol. The number of aromatic carboxylic acids is 1. The van der Waals surface area contributed by atoms with E-state index < -0.39 is 16.0 Å². The van der Waals surface area contributed by atoms with Gasteiger partial charge in [-0.1, -0.05) is 12.1 Å². The standard InChI is InChI=1S/C15H14BrNO5S/c1-2-22-14-7-6-11(9-13(14)16)17-23(20,21)12-5-3-4-10(8-12)15(18)19/h3-9,17H,2H2,1H3,(H,18,19)/p-1. The zero-order valence-corrected chi connectivity index (χ0v) is 14.5. The van der Waals surface area contributed by atoms with Crippen molar-refractivity contribution in [3.8, 4) is 5.75 Å². The fraction of sp³-hybridized carbons (Fsp3) is 0.133. The first-order chi connectivity index (χ1) is 10.8. The van der Waals surface area contributed by atoms with Gasteiger partial charge in [-0.3, -0.25) is 4.72 Å². The highest BCUT2D eigenvalue weighted by molar-refractivity contribution is 9.10. The molecular formula is C15H13BrNO5S-. The number of rotatable bonds is 6. The van der Waals surface area contributed by atoms with E-state index in [2.05, 4.69) is 20.7 Å². The van der Waals surface area contributed by atoms with Crippen molar-refractivity contribution in [2.24, 2.45) is 0 Å². The molecule has 2 aromatic rings. The van der Waals surface area contributed by atoms with Gasteiger partial charge >= 0.3 is 0 Å². The molecule has 0 saturated heterocycles. The minimum absolute atomic E-state index is 0.163. The Kier molecular flexibility index (Phi) is 5.27. The van der Waals surface area contributed by atoms with Crippen LogP contribution in [0.3, 0.4) is 0 Å². The number of carboxylic acid groups (broad SMARTS) is 1. The predicted octanol–water partition coefficient (Wildman–Crippen LogP) is 2.01. The maximum absolute atomic E-state index is 12.3. The van der Waals surface area contributed by atoms with Crippen LogP contribution in [0.1, 0.15) is 17.3 Å². The van der Waals surface area contributed by atoms with Crippen LogP contribution in [0.25, 0.3) is 0 Å². The van der Waals surface area contributed by atoms with Gasteiger partial charge in [0.25, 0.3) is 10.0 Å². The number of anilines is 1. The van der Waals surface area contributed by atoms with Gasteiger partial charge < -0.3 is 14.6 Å². The molecule has 23 heavy (non-hydrogen) atoms. The van der Waals surface area contributed by atoms with Crippen LogP contribution >= 0.6 is 15.9 Å². The summed E-state index contributed by atoms with van der Waals surface area (Å²) < 4.78 is 33.0. The highest BCUT2D eigenvalue weighted by atomic mass is 79.9. The fourth-order valence-corrected chi connectivity index (χ4v) is 3.43. The van der Waals surface area contributed by atoms with Crippen molar-refractivity contribution in [1.82, 2.24) is 0 Å². The number of halogens is 1. The lowest BCUT2D eigenvalue weighted by Gasteiger charge is -2.12. The number of benzene rings is 2. The Bertz CT molecular complexity index is 836. The molecular weight excluding hydrogens is 386 g/mol. The zero-order valence-electron chi connectivity index (χ0n) is 12.1. The molecule has 1 N–H and O–H groups in total. The molecule has 0 heterocycles. The largest absolute Gasteiger partial charge is 0.545 e. The topological polar surface area (TPSA) is 95.5 Å². The van der Waals surface area contributed by atoms with Crippen molar-refractivity contribution in [1.29, 1.82) is 0 Å². The second-order valence-electron chi connectivity index (χ2n) is 4.50. The molecule has 0 aliphatic rings. The average molecular weight is 399 g/mol. The van der Waals surface area contributed by atoms with Gasteiger partial charge in [-0.15, -0.1) is 0 Å². The van der Waals surface area contributed by atoms with Gasteiger partial charge in [-0.25, -0.2) is 8.42 Å². The Hall–Kier alpha value is -2.06. The van der Waals surface area contributed by atoms with E-state index in [-0.39, 0.29) is 10.5 Å². The van der Waals surface area contributed by atoms with Crippen LogP contribution in [0.15, 0.2) is 51.8 Å². The lowest BCUT2D eigenvalue weighted by Crippen LogP contribution is -2.23. The van der Waals surface area contributed by atoms with E-state index in [9.17, 15) is 18.3 Å². The molecule has 0 aliphatic carbocycles. The Morgan fingerprint density at radius 1 is 1.26 bits per heavy atom. The van der Waals surface area contributed by atoms with Crippen LogP contribution in [-0.4, -0.2) is 21.0 Å². The van der Waals surface area contributed by atoms with Gasteiger partial charge in [0, 0.05) is 0 Å². The molecule has 0 bridgehead atoms. The van der Waals surface area contributed by atoms with Crippen LogP contribution < -0.4 is 14.6 Å². The van der Waals surface area contributed by atoms with E-state index in [0.717, 1.165) is 6.07 Å². The summed E-state index contributed by atoms with van der Waals surface area (Å²) in [6.45, 7) is 2.33. The van der Waals surface area contributed by atoms with Gasteiger partial charge in [-0.05, 0) is 58.7 Å². The molecule has 8 heteroatoms. The number of carbonyl (C=O) groups is 1. The third-order valence-corrected chi connectivity index (χ3v) is 4.86. The lowest BCUT2D eigenvalue weighted by molar-refractivity contribution is -0.255. The third-order valence-electron chi connectivity index (χ3n) is 2.86. The first kappa shape index (κ1) is 17.3. The van der Waals surface area contributed by atoms with Crippen LogP contribution in [-0.2, 0) is 10.0 Å². The van der Waals surface area contributed by atoms with Crippen LogP contribution in [0, 0.1) is 0 Å². The maximum atomic E-state index is 12.3. The molecule has 2 rings (SSSR count). The Morgan fingerprint density at radius 2 is 2.00 bits per heavy atom. The van der Waals surface area contributed by atoms with Crippen molar-refractivity contribution in [3.63, 3.8) is 0 Å². The van der Waals surface area contributed by atoms with Crippen molar-refractivity contribution in [2.45, 2.75) is 11.8 Å². The monoisotopic (exact) mass is 398 g/mol. The van der Waals surface area contributed by atoms with E-state index in [1.54, 1.807) is 18.2 Å². The molecule has 6 nitrogen and oxygen atoms in total. The van der Waals surface area contributed by atoms with E-state index in [4.69, 9.17) is 4.74 Å². The van der Waals surface area contributed by atoms with Crippen molar-refractivity contribution in [3.05, 3.63) is 52.5 Å². The van der Waals surface area contributed by atoms with Gasteiger partial charge in [0.2, 0.25) is 0 Å². The smallest absolute Gasteiger partial charge is 0.261 e. The molecule has 0 aromatic heterocycles. The quantitative estimate of drug-likeness (QED) is 0.802. The summed E-state index contributed by atoms with van der Waals surface area (Å²) in [6, 6.07) is 9.69. The van der Waals surface area contributed by atoms with Crippen molar-refractivity contribution < 1.29 is 23.1 Å². The van der Waals surface area contributed by atoms with Gasteiger partial charge in [0.05, 0.1) is 27.6 Å². The Morgan fingerprint density at radius 3 is 2.61 bits per heavy atom. The summed E-state index contributed by atoms with van der Waals surface area (Å²) in [5.74, 6) is -0.847. The summed E-state index contributed by atoms with van der Waals surface area (Å²) in [7, 11) is -3.91. The summed E-state index contributed by atoms with van der Waals surface area (Å²) in [5.41, 5.74) is 0.111. The minimum Gasteiger partial charge on any atom is -0.545 e. The summed E-state index contributed by atoms with van der Waals surface area (Å²) in [6.07, 6.45) is 0. The van der Waals surface area contributed by atoms with Gasteiger partial charge in [0.1, 0.15) is 5.75 Å².